The van der Waals surface area contributed by atoms with Crippen LogP contribution in [0.5, 0.6) is 0 Å². The van der Waals surface area contributed by atoms with Gasteiger partial charge in [0.1, 0.15) is 6.10 Å². The van der Waals surface area contributed by atoms with Gasteiger partial charge in [0.05, 0.1) is 0 Å². The van der Waals surface area contributed by atoms with Crippen molar-refractivity contribution < 1.29 is 14.3 Å². The third-order valence-electron chi connectivity index (χ3n) is 7.52. The first kappa shape index (κ1) is 15.4. The number of ether oxygens (including phenoxy) is 1. The van der Waals surface area contributed by atoms with Gasteiger partial charge < -0.3 is 4.74 Å². The summed E-state index contributed by atoms with van der Waals surface area (Å²) in [5, 5.41) is 0. The number of allylic oxidation sites excluding steroid dienone is 1. The van der Waals surface area contributed by atoms with E-state index in [0.717, 1.165) is 37.5 Å². The van der Waals surface area contributed by atoms with Crippen molar-refractivity contribution in [1.82, 2.24) is 0 Å². The number of fused-ring (bicyclic) bond motifs is 5. The molecule has 0 aromatic rings. The molecule has 0 unspecified atom stereocenters. The molecule has 4 aliphatic carbocycles. The Hall–Kier alpha value is -1.12. The second kappa shape index (κ2) is 5.46. The summed E-state index contributed by atoms with van der Waals surface area (Å²) in [5.41, 5.74) is 1.62. The highest BCUT2D eigenvalue weighted by Crippen LogP contribution is 2.62. The summed E-state index contributed by atoms with van der Waals surface area (Å²) >= 11 is 0. The van der Waals surface area contributed by atoms with Gasteiger partial charge >= 0.3 is 5.97 Å². The zero-order valence-corrected chi connectivity index (χ0v) is 14.3. The summed E-state index contributed by atoms with van der Waals surface area (Å²) in [6.45, 7) is 3.91. The molecule has 3 saturated carbocycles. The van der Waals surface area contributed by atoms with Gasteiger partial charge in [-0.1, -0.05) is 12.5 Å². The van der Waals surface area contributed by atoms with Crippen LogP contribution >= 0.6 is 0 Å². The van der Waals surface area contributed by atoms with E-state index in [1.54, 1.807) is 6.92 Å². The van der Waals surface area contributed by atoms with Gasteiger partial charge in [0.2, 0.25) is 0 Å². The summed E-state index contributed by atoms with van der Waals surface area (Å²) in [4.78, 5) is 23.2. The zero-order valence-electron chi connectivity index (χ0n) is 14.3. The Morgan fingerprint density at radius 1 is 1.13 bits per heavy atom. The summed E-state index contributed by atoms with van der Waals surface area (Å²) in [6, 6.07) is 0. The summed E-state index contributed by atoms with van der Waals surface area (Å²) in [6.07, 6.45) is 10.9. The van der Waals surface area contributed by atoms with E-state index in [1.807, 2.05) is 6.08 Å². The zero-order chi connectivity index (χ0) is 16.2. The molecule has 4 aliphatic rings. The van der Waals surface area contributed by atoms with Gasteiger partial charge in [-0.2, -0.15) is 0 Å². The molecule has 6 atom stereocenters. The Morgan fingerprint density at radius 2 is 1.96 bits per heavy atom. The monoisotopic (exact) mass is 316 g/mol. The number of hydrogen-bond donors (Lipinski definition) is 0. The average molecular weight is 316 g/mol. The fourth-order valence-electron chi connectivity index (χ4n) is 6.53. The molecular weight excluding hydrogens is 288 g/mol. The number of ketones is 1. The largest absolute Gasteiger partial charge is 0.462 e. The van der Waals surface area contributed by atoms with Crippen molar-refractivity contribution in [3.8, 4) is 0 Å². The van der Waals surface area contributed by atoms with Gasteiger partial charge in [0.15, 0.2) is 5.78 Å². The molecule has 3 heteroatoms. The maximum Gasteiger partial charge on any atom is 0.302 e. The van der Waals surface area contributed by atoms with Gasteiger partial charge in [-0.05, 0) is 74.7 Å². The molecule has 3 fully saturated rings. The van der Waals surface area contributed by atoms with E-state index in [4.69, 9.17) is 4.74 Å². The number of carbonyl (C=O) groups excluding carboxylic acids is 2. The summed E-state index contributed by atoms with van der Waals surface area (Å²) in [5.74, 6) is 3.10. The highest BCUT2D eigenvalue weighted by molar-refractivity contribution is 5.91. The van der Waals surface area contributed by atoms with Crippen LogP contribution in [0.25, 0.3) is 0 Å². The van der Waals surface area contributed by atoms with E-state index in [0.29, 0.717) is 17.6 Å². The van der Waals surface area contributed by atoms with Crippen molar-refractivity contribution in [2.45, 2.75) is 71.3 Å². The minimum Gasteiger partial charge on any atom is -0.462 e. The summed E-state index contributed by atoms with van der Waals surface area (Å²) < 4.78 is 5.69. The fraction of sp³-hybridized carbons (Fsp3) is 0.800. The van der Waals surface area contributed by atoms with E-state index < -0.39 is 0 Å². The standard InChI is InChI=1S/C20H28O3/c1-12(21)23-19-8-7-18-17-5-3-13-11-14(22)4-6-15(13)16(17)9-10-20(18,19)2/h11,15-19H,3-10H2,1-2H3/t15-,16-,17-,18+,19+,20+/m1/s1. The van der Waals surface area contributed by atoms with Gasteiger partial charge in [0.25, 0.3) is 0 Å². The fourth-order valence-corrected chi connectivity index (χ4v) is 6.53. The Kier molecular flexibility index (Phi) is 3.66. The first-order valence-electron chi connectivity index (χ1n) is 9.39. The van der Waals surface area contributed by atoms with Crippen LogP contribution < -0.4 is 0 Å². The third-order valence-corrected chi connectivity index (χ3v) is 7.52. The van der Waals surface area contributed by atoms with Crippen LogP contribution in [0.2, 0.25) is 0 Å². The van der Waals surface area contributed by atoms with Crippen LogP contribution in [0, 0.1) is 29.1 Å². The predicted octanol–water partition coefficient (Wildman–Crippen LogP) is 4.06. The van der Waals surface area contributed by atoms with Gasteiger partial charge in [-0.15, -0.1) is 0 Å². The molecule has 0 aromatic heterocycles. The molecule has 0 bridgehead atoms. The Balaban J connectivity index is 1.57. The highest BCUT2D eigenvalue weighted by Gasteiger charge is 2.57. The second-order valence-corrected chi connectivity index (χ2v) is 8.52. The molecule has 0 amide bonds. The smallest absolute Gasteiger partial charge is 0.302 e. The van der Waals surface area contributed by atoms with E-state index in [2.05, 4.69) is 6.92 Å². The van der Waals surface area contributed by atoms with Crippen LogP contribution in [0.1, 0.15) is 65.2 Å². The Bertz CT molecular complexity index is 563. The van der Waals surface area contributed by atoms with E-state index in [-0.39, 0.29) is 17.5 Å². The maximum atomic E-state index is 11.7. The second-order valence-electron chi connectivity index (χ2n) is 8.52. The van der Waals surface area contributed by atoms with Crippen LogP contribution in [0.4, 0.5) is 0 Å². The normalized spacial score (nSPS) is 45.6. The molecule has 0 aromatic carbocycles. The minimum atomic E-state index is -0.126. The highest BCUT2D eigenvalue weighted by atomic mass is 16.5. The molecule has 23 heavy (non-hydrogen) atoms. The molecule has 126 valence electrons. The number of hydrogen-bond acceptors (Lipinski definition) is 3. The molecule has 4 rings (SSSR count). The van der Waals surface area contributed by atoms with E-state index in [9.17, 15) is 9.59 Å². The third kappa shape index (κ3) is 2.38. The van der Waals surface area contributed by atoms with Gasteiger partial charge in [-0.25, -0.2) is 0 Å². The quantitative estimate of drug-likeness (QED) is 0.685. The van der Waals surface area contributed by atoms with Crippen LogP contribution in [-0.2, 0) is 14.3 Å². The molecule has 0 N–H and O–H groups in total. The predicted molar refractivity (Wildman–Crippen MR) is 87.6 cm³/mol. The Morgan fingerprint density at radius 3 is 2.74 bits per heavy atom. The average Bonchev–Trinajstić information content (AvgIpc) is 2.83. The number of rotatable bonds is 1. The van der Waals surface area contributed by atoms with Crippen molar-refractivity contribution in [3.05, 3.63) is 11.6 Å². The molecule has 0 heterocycles. The number of esters is 1. The lowest BCUT2D eigenvalue weighted by molar-refractivity contribution is -0.156. The first-order chi connectivity index (χ1) is 11.0. The summed E-state index contributed by atoms with van der Waals surface area (Å²) in [7, 11) is 0. The lowest BCUT2D eigenvalue weighted by Gasteiger charge is -2.53. The lowest BCUT2D eigenvalue weighted by Crippen LogP contribution is -2.48. The van der Waals surface area contributed by atoms with Crippen LogP contribution in [0.3, 0.4) is 0 Å². The minimum absolute atomic E-state index is 0.121. The Labute approximate surface area is 138 Å². The maximum absolute atomic E-state index is 11.7. The van der Waals surface area contributed by atoms with E-state index in [1.165, 1.54) is 31.3 Å². The molecule has 0 saturated heterocycles. The topological polar surface area (TPSA) is 43.4 Å². The SMILES string of the molecule is CC(=O)O[C@H]1CC[C@H]2[C@@H]3CCC4=CC(=O)CC[C@H]4[C@H]3CC[C@]12C. The lowest BCUT2D eigenvalue weighted by atomic mass is 9.52. The molecule has 0 spiro atoms. The molecular formula is C20H28O3. The number of carbonyl (C=O) groups is 2. The molecule has 0 aliphatic heterocycles. The van der Waals surface area contributed by atoms with Crippen molar-refractivity contribution in [3.63, 3.8) is 0 Å². The molecule has 3 nitrogen and oxygen atoms in total. The van der Waals surface area contributed by atoms with Crippen molar-refractivity contribution in [2.24, 2.45) is 29.1 Å². The van der Waals surface area contributed by atoms with E-state index >= 15 is 0 Å². The van der Waals surface area contributed by atoms with Gasteiger partial charge in [0, 0.05) is 18.8 Å². The van der Waals surface area contributed by atoms with Crippen molar-refractivity contribution in [2.75, 3.05) is 0 Å². The van der Waals surface area contributed by atoms with Crippen molar-refractivity contribution >= 4 is 11.8 Å². The van der Waals surface area contributed by atoms with Crippen molar-refractivity contribution in [1.29, 1.82) is 0 Å². The van der Waals surface area contributed by atoms with Crippen LogP contribution in [-0.4, -0.2) is 17.9 Å². The molecule has 0 radical (unpaired) electrons. The van der Waals surface area contributed by atoms with Gasteiger partial charge in [-0.3, -0.25) is 9.59 Å². The first-order valence-corrected chi connectivity index (χ1v) is 9.39. The van der Waals surface area contributed by atoms with Crippen LogP contribution in [0.15, 0.2) is 11.6 Å².